The molecule has 2 N–H and O–H groups in total. The van der Waals surface area contributed by atoms with Crippen molar-refractivity contribution < 1.29 is 14.2 Å². The maximum absolute atomic E-state index is 8.58. The highest BCUT2D eigenvalue weighted by Crippen LogP contribution is 2.49. The first-order chi connectivity index (χ1) is 6.40. The maximum atomic E-state index is 8.58. The van der Waals surface area contributed by atoms with E-state index in [2.05, 4.69) is 5.09 Å². The monoisotopic (exact) mass is 199 g/mol. The quantitative estimate of drug-likeness (QED) is 0.719. The molecule has 0 saturated heterocycles. The van der Waals surface area contributed by atoms with Gasteiger partial charge in [0.1, 0.15) is 0 Å². The number of fused-ring (bicyclic) bond motifs is 1. The molecular formula is C8H10NO3P. The number of hydrogen-bond acceptors (Lipinski definition) is 4. The maximum Gasteiger partial charge on any atom is 0.381 e. The minimum absolute atomic E-state index is 0.0852. The molecule has 0 unspecified atom stereocenters. The lowest BCUT2D eigenvalue weighted by molar-refractivity contribution is 0.299. The van der Waals surface area contributed by atoms with Crippen molar-refractivity contribution in [1.29, 1.82) is 0 Å². The standard InChI is InChI=1S/C8H10NO3P/c10-6-5-9-13-11-7-3-1-2-4-8(7)12-13/h1-4,9-10H,5-6H2. The Labute approximate surface area is 77.5 Å². The summed E-state index contributed by atoms with van der Waals surface area (Å²) in [7, 11) is -1.09. The molecule has 0 fully saturated rings. The molecule has 1 aliphatic heterocycles. The van der Waals surface area contributed by atoms with Crippen LogP contribution in [0.15, 0.2) is 24.3 Å². The summed E-state index contributed by atoms with van der Waals surface area (Å²) in [6.07, 6.45) is 0. The highest BCUT2D eigenvalue weighted by Gasteiger charge is 2.24. The Morgan fingerprint density at radius 2 is 1.85 bits per heavy atom. The highest BCUT2D eigenvalue weighted by atomic mass is 31.2. The van der Waals surface area contributed by atoms with Crippen molar-refractivity contribution in [3.05, 3.63) is 24.3 Å². The van der Waals surface area contributed by atoms with E-state index in [1.807, 2.05) is 24.3 Å². The topological polar surface area (TPSA) is 50.7 Å². The fraction of sp³-hybridized carbons (Fsp3) is 0.250. The molecule has 0 bridgehead atoms. The minimum atomic E-state index is -1.09. The first-order valence-electron chi connectivity index (χ1n) is 3.99. The lowest BCUT2D eigenvalue weighted by Gasteiger charge is -2.07. The van der Waals surface area contributed by atoms with Gasteiger partial charge in [-0.05, 0) is 12.1 Å². The van der Waals surface area contributed by atoms with Gasteiger partial charge < -0.3 is 14.2 Å². The van der Waals surface area contributed by atoms with Crippen molar-refractivity contribution in [3.8, 4) is 11.5 Å². The van der Waals surface area contributed by atoms with Gasteiger partial charge in [0.05, 0.1) is 6.61 Å². The predicted molar refractivity (Wildman–Crippen MR) is 49.7 cm³/mol. The molecule has 4 nitrogen and oxygen atoms in total. The third-order valence-corrected chi connectivity index (χ3v) is 2.77. The van der Waals surface area contributed by atoms with E-state index in [0.717, 1.165) is 11.5 Å². The molecule has 70 valence electrons. The summed E-state index contributed by atoms with van der Waals surface area (Å²) in [5.41, 5.74) is 0. The molecule has 0 aliphatic carbocycles. The number of hydrogen-bond donors (Lipinski definition) is 2. The average molecular weight is 199 g/mol. The van der Waals surface area contributed by atoms with E-state index in [9.17, 15) is 0 Å². The highest BCUT2D eigenvalue weighted by molar-refractivity contribution is 7.46. The van der Waals surface area contributed by atoms with Gasteiger partial charge in [0.25, 0.3) is 0 Å². The van der Waals surface area contributed by atoms with Crippen LogP contribution in [0.2, 0.25) is 0 Å². The van der Waals surface area contributed by atoms with Crippen LogP contribution in [0, 0.1) is 0 Å². The van der Waals surface area contributed by atoms with Gasteiger partial charge in [-0.3, -0.25) is 0 Å². The Balaban J connectivity index is 1.97. The van der Waals surface area contributed by atoms with E-state index >= 15 is 0 Å². The van der Waals surface area contributed by atoms with Crippen molar-refractivity contribution in [2.45, 2.75) is 0 Å². The van der Waals surface area contributed by atoms with E-state index in [-0.39, 0.29) is 6.61 Å². The van der Waals surface area contributed by atoms with E-state index in [1.165, 1.54) is 0 Å². The molecule has 0 amide bonds. The van der Waals surface area contributed by atoms with Gasteiger partial charge in [-0.1, -0.05) is 12.1 Å². The molecule has 5 heteroatoms. The molecule has 0 atom stereocenters. The second kappa shape index (κ2) is 3.92. The molecule has 1 aliphatic rings. The molecule has 0 aromatic heterocycles. The summed E-state index contributed by atoms with van der Waals surface area (Å²) < 4.78 is 10.9. The van der Waals surface area contributed by atoms with Crippen LogP contribution in [0.1, 0.15) is 0 Å². The van der Waals surface area contributed by atoms with Crippen molar-refractivity contribution in [2.75, 3.05) is 13.2 Å². The molecule has 1 aromatic rings. The smallest absolute Gasteiger partial charge is 0.381 e. The Morgan fingerprint density at radius 1 is 1.23 bits per heavy atom. The summed E-state index contributed by atoms with van der Waals surface area (Å²) >= 11 is 0. The van der Waals surface area contributed by atoms with Crippen LogP contribution in [0.4, 0.5) is 0 Å². The van der Waals surface area contributed by atoms with Crippen LogP contribution in [-0.4, -0.2) is 18.3 Å². The molecule has 13 heavy (non-hydrogen) atoms. The predicted octanol–water partition coefficient (Wildman–Crippen LogP) is 1.27. The molecule has 1 aromatic carbocycles. The number of nitrogens with one attached hydrogen (secondary N) is 1. The van der Waals surface area contributed by atoms with Crippen LogP contribution < -0.4 is 14.1 Å². The Bertz CT molecular complexity index is 269. The van der Waals surface area contributed by atoms with Crippen molar-refractivity contribution in [3.63, 3.8) is 0 Å². The zero-order valence-electron chi connectivity index (χ0n) is 6.93. The van der Waals surface area contributed by atoms with Crippen LogP contribution in [0.5, 0.6) is 11.5 Å². The average Bonchev–Trinajstić information content (AvgIpc) is 2.57. The van der Waals surface area contributed by atoms with Crippen LogP contribution >= 0.6 is 8.53 Å². The van der Waals surface area contributed by atoms with Crippen molar-refractivity contribution >= 4 is 8.53 Å². The first kappa shape index (κ1) is 8.75. The first-order valence-corrected chi connectivity index (χ1v) is 5.17. The van der Waals surface area contributed by atoms with Gasteiger partial charge in [0, 0.05) is 6.54 Å². The summed E-state index contributed by atoms with van der Waals surface area (Å²) in [6.45, 7) is 0.571. The zero-order chi connectivity index (χ0) is 9.10. The second-order valence-corrected chi connectivity index (χ2v) is 3.71. The van der Waals surface area contributed by atoms with Gasteiger partial charge in [-0.25, -0.2) is 5.09 Å². The Morgan fingerprint density at radius 3 is 2.38 bits per heavy atom. The Hall–Kier alpha value is -0.830. The fourth-order valence-corrected chi connectivity index (χ4v) is 2.11. The normalized spacial score (nSPS) is 14.8. The zero-order valence-corrected chi connectivity index (χ0v) is 7.83. The molecule has 0 saturated carbocycles. The summed E-state index contributed by atoms with van der Waals surface area (Å²) in [4.78, 5) is 0. The van der Waals surface area contributed by atoms with E-state index in [0.29, 0.717) is 6.54 Å². The van der Waals surface area contributed by atoms with Crippen LogP contribution in [0.25, 0.3) is 0 Å². The van der Waals surface area contributed by atoms with Crippen molar-refractivity contribution in [1.82, 2.24) is 5.09 Å². The second-order valence-electron chi connectivity index (χ2n) is 2.52. The Kier molecular flexibility index (Phi) is 2.64. The largest absolute Gasteiger partial charge is 0.423 e. The molecule has 0 radical (unpaired) electrons. The summed E-state index contributed by atoms with van der Waals surface area (Å²) in [5.74, 6) is 1.53. The van der Waals surface area contributed by atoms with Crippen molar-refractivity contribution in [2.24, 2.45) is 0 Å². The lowest BCUT2D eigenvalue weighted by atomic mass is 10.3. The molecule has 1 heterocycles. The summed E-state index contributed by atoms with van der Waals surface area (Å²) in [6, 6.07) is 7.51. The number of benzene rings is 1. The van der Waals surface area contributed by atoms with Gasteiger partial charge in [-0.15, -0.1) is 0 Å². The van der Waals surface area contributed by atoms with Crippen LogP contribution in [0.3, 0.4) is 0 Å². The SMILES string of the molecule is OCCNP1Oc2ccccc2O1. The number of aliphatic hydroxyl groups is 1. The lowest BCUT2D eigenvalue weighted by Crippen LogP contribution is -2.15. The van der Waals surface area contributed by atoms with E-state index in [1.54, 1.807) is 0 Å². The minimum Gasteiger partial charge on any atom is -0.423 e. The van der Waals surface area contributed by atoms with E-state index in [4.69, 9.17) is 14.2 Å². The van der Waals surface area contributed by atoms with Gasteiger partial charge in [0.2, 0.25) is 0 Å². The van der Waals surface area contributed by atoms with Crippen LogP contribution in [-0.2, 0) is 0 Å². The third-order valence-electron chi connectivity index (χ3n) is 1.56. The summed E-state index contributed by atoms with van der Waals surface area (Å²) in [5, 5.41) is 11.5. The van der Waals surface area contributed by atoms with Gasteiger partial charge >= 0.3 is 8.53 Å². The number of aliphatic hydroxyl groups excluding tert-OH is 1. The fourth-order valence-electron chi connectivity index (χ4n) is 1.00. The third kappa shape index (κ3) is 1.91. The number of rotatable bonds is 3. The molecule has 2 rings (SSSR count). The van der Waals surface area contributed by atoms with Gasteiger partial charge in [-0.2, -0.15) is 0 Å². The number of para-hydroxylation sites is 2. The molecular weight excluding hydrogens is 189 g/mol. The molecule has 0 spiro atoms. The van der Waals surface area contributed by atoms with E-state index < -0.39 is 8.53 Å². The van der Waals surface area contributed by atoms with Gasteiger partial charge in [0.15, 0.2) is 11.5 Å².